The quantitative estimate of drug-likeness (QED) is 0.192. The highest BCUT2D eigenvalue weighted by Crippen LogP contribution is 2.70. The lowest BCUT2D eigenvalue weighted by Crippen LogP contribution is -2.55. The van der Waals surface area contributed by atoms with Gasteiger partial charge < -0.3 is 0 Å². The van der Waals surface area contributed by atoms with Gasteiger partial charge in [0.2, 0.25) is 0 Å². The molecule has 7 aromatic rings. The number of benzene rings is 6. The van der Waals surface area contributed by atoms with Crippen LogP contribution in [0.15, 0.2) is 140 Å². The first kappa shape index (κ1) is 28.4. The Labute approximate surface area is 293 Å². The SMILES string of the molecule is c1ccc(-c2nc(-c3ccc4c(c3)C3(c5ccc6ccccc6c5-4)C4CC5CC(C4)CC3C5)nc(-c3ccccc3-c3ccccc3)n2)cc1. The van der Waals surface area contributed by atoms with E-state index >= 15 is 0 Å². The lowest BCUT2D eigenvalue weighted by molar-refractivity contribution is -0.0399. The van der Waals surface area contributed by atoms with Crippen LogP contribution >= 0.6 is 0 Å². The molecule has 1 aromatic heterocycles. The van der Waals surface area contributed by atoms with Crippen LogP contribution < -0.4 is 0 Å². The van der Waals surface area contributed by atoms with Gasteiger partial charge in [0, 0.05) is 22.1 Å². The minimum Gasteiger partial charge on any atom is -0.208 e. The summed E-state index contributed by atoms with van der Waals surface area (Å²) >= 11 is 0. The summed E-state index contributed by atoms with van der Waals surface area (Å²) in [4.78, 5) is 15.7. The second-order valence-electron chi connectivity index (χ2n) is 15.2. The van der Waals surface area contributed by atoms with Crippen molar-refractivity contribution in [2.75, 3.05) is 0 Å². The van der Waals surface area contributed by atoms with Crippen molar-refractivity contribution in [2.24, 2.45) is 23.7 Å². The molecule has 5 aliphatic carbocycles. The highest BCUT2D eigenvalue weighted by molar-refractivity contribution is 6.03. The molecule has 50 heavy (non-hydrogen) atoms. The molecule has 0 radical (unpaired) electrons. The number of rotatable bonds is 4. The predicted molar refractivity (Wildman–Crippen MR) is 202 cm³/mol. The normalized spacial score (nSPS) is 24.1. The van der Waals surface area contributed by atoms with Crippen molar-refractivity contribution in [3.8, 4) is 56.4 Å². The first-order valence-corrected chi connectivity index (χ1v) is 18.4. The molecule has 3 heteroatoms. The maximum Gasteiger partial charge on any atom is 0.164 e. The van der Waals surface area contributed by atoms with Crippen molar-refractivity contribution in [1.82, 2.24) is 15.0 Å². The molecule has 1 spiro atoms. The van der Waals surface area contributed by atoms with Gasteiger partial charge in [0.1, 0.15) is 0 Å². The maximum absolute atomic E-state index is 5.31. The predicted octanol–water partition coefficient (Wildman–Crippen LogP) is 11.4. The average molecular weight is 644 g/mol. The van der Waals surface area contributed by atoms with Crippen LogP contribution in [0.3, 0.4) is 0 Å². The summed E-state index contributed by atoms with van der Waals surface area (Å²) in [6.07, 6.45) is 6.86. The fraction of sp³-hybridized carbons (Fsp3) is 0.213. The molecule has 6 aromatic carbocycles. The Balaban J connectivity index is 1.14. The summed E-state index contributed by atoms with van der Waals surface area (Å²) in [6.45, 7) is 0. The zero-order chi connectivity index (χ0) is 32.8. The largest absolute Gasteiger partial charge is 0.208 e. The molecule has 12 rings (SSSR count). The molecule has 0 N–H and O–H groups in total. The van der Waals surface area contributed by atoms with Crippen molar-refractivity contribution >= 4 is 10.8 Å². The Morgan fingerprint density at radius 2 is 1.02 bits per heavy atom. The molecule has 5 aliphatic rings. The van der Waals surface area contributed by atoms with Gasteiger partial charge in [-0.3, -0.25) is 0 Å². The van der Waals surface area contributed by atoms with Gasteiger partial charge in [0.05, 0.1) is 0 Å². The van der Waals surface area contributed by atoms with Gasteiger partial charge >= 0.3 is 0 Å². The van der Waals surface area contributed by atoms with E-state index in [4.69, 9.17) is 15.0 Å². The minimum absolute atomic E-state index is 0.0517. The van der Waals surface area contributed by atoms with Crippen molar-refractivity contribution < 1.29 is 0 Å². The summed E-state index contributed by atoms with van der Waals surface area (Å²) < 4.78 is 0. The van der Waals surface area contributed by atoms with Gasteiger partial charge in [-0.15, -0.1) is 0 Å². The third-order valence-electron chi connectivity index (χ3n) is 12.7. The lowest BCUT2D eigenvalue weighted by Gasteiger charge is -2.61. The van der Waals surface area contributed by atoms with Crippen molar-refractivity contribution in [3.05, 3.63) is 151 Å². The Kier molecular flexibility index (Phi) is 6.14. The Hall–Kier alpha value is -5.41. The summed E-state index contributed by atoms with van der Waals surface area (Å²) in [5.74, 6) is 5.29. The molecule has 4 bridgehead atoms. The Morgan fingerprint density at radius 1 is 0.420 bits per heavy atom. The first-order valence-electron chi connectivity index (χ1n) is 18.4. The third kappa shape index (κ3) is 4.07. The Bertz CT molecular complexity index is 2420. The van der Waals surface area contributed by atoms with E-state index in [2.05, 4.69) is 133 Å². The standard InChI is InChI=1S/C47H37N3/c1-3-11-31(12-4-1)37-16-9-10-18-39(37)46-49-44(33-14-5-2-6-15-33)48-45(50-46)34-19-21-40-42(28-34)47(35-24-29-23-30(26-35)27-36(47)25-29)41-22-20-32-13-7-8-17-38(32)43(40)41/h1-22,28-30,35-36H,23-27H2. The van der Waals surface area contributed by atoms with Crippen LogP contribution in [0.5, 0.6) is 0 Å². The number of hydrogen-bond donors (Lipinski definition) is 0. The average Bonchev–Trinajstić information content (AvgIpc) is 3.47. The molecule has 0 aliphatic heterocycles. The Morgan fingerprint density at radius 3 is 1.76 bits per heavy atom. The molecule has 4 saturated carbocycles. The molecule has 3 nitrogen and oxygen atoms in total. The number of hydrogen-bond acceptors (Lipinski definition) is 3. The maximum atomic E-state index is 5.31. The third-order valence-corrected chi connectivity index (χ3v) is 12.7. The number of aromatic nitrogens is 3. The van der Waals surface area contributed by atoms with E-state index < -0.39 is 0 Å². The first-order chi connectivity index (χ1) is 24.7. The molecule has 0 atom stereocenters. The van der Waals surface area contributed by atoms with Crippen molar-refractivity contribution in [3.63, 3.8) is 0 Å². The van der Waals surface area contributed by atoms with E-state index in [-0.39, 0.29) is 5.41 Å². The monoisotopic (exact) mass is 643 g/mol. The van der Waals surface area contributed by atoms with E-state index in [0.717, 1.165) is 45.5 Å². The topological polar surface area (TPSA) is 38.7 Å². The van der Waals surface area contributed by atoms with Gasteiger partial charge in [-0.25, -0.2) is 15.0 Å². The second-order valence-corrected chi connectivity index (χ2v) is 15.2. The van der Waals surface area contributed by atoms with Gasteiger partial charge in [-0.2, -0.15) is 0 Å². The summed E-state index contributed by atoms with van der Waals surface area (Å²) in [6, 6.07) is 50.5. The van der Waals surface area contributed by atoms with Crippen LogP contribution in [0.25, 0.3) is 67.2 Å². The molecular weight excluding hydrogens is 607 g/mol. The highest BCUT2D eigenvalue weighted by atomic mass is 15.0. The zero-order valence-electron chi connectivity index (χ0n) is 28.0. The lowest BCUT2D eigenvalue weighted by atomic mass is 9.43. The minimum atomic E-state index is 0.0517. The van der Waals surface area contributed by atoms with E-state index in [1.165, 1.54) is 59.6 Å². The molecule has 0 saturated heterocycles. The number of fused-ring (bicyclic) bond motifs is 5. The molecular formula is C47H37N3. The summed E-state index contributed by atoms with van der Waals surface area (Å²) in [5.41, 5.74) is 11.4. The van der Waals surface area contributed by atoms with E-state index in [0.29, 0.717) is 23.5 Å². The zero-order valence-corrected chi connectivity index (χ0v) is 28.0. The molecule has 240 valence electrons. The van der Waals surface area contributed by atoms with Crippen LogP contribution in [-0.4, -0.2) is 15.0 Å². The van der Waals surface area contributed by atoms with E-state index in [9.17, 15) is 0 Å². The van der Waals surface area contributed by atoms with Crippen molar-refractivity contribution in [1.29, 1.82) is 0 Å². The molecule has 4 fully saturated rings. The summed E-state index contributed by atoms with van der Waals surface area (Å²) in [5, 5.41) is 2.71. The molecule has 0 unspecified atom stereocenters. The summed E-state index contributed by atoms with van der Waals surface area (Å²) in [7, 11) is 0. The van der Waals surface area contributed by atoms with Gasteiger partial charge in [-0.05, 0) is 106 Å². The van der Waals surface area contributed by atoms with Gasteiger partial charge in [-0.1, -0.05) is 133 Å². The molecule has 0 amide bonds. The van der Waals surface area contributed by atoms with Gasteiger partial charge in [0.15, 0.2) is 17.5 Å². The van der Waals surface area contributed by atoms with Crippen LogP contribution in [0.4, 0.5) is 0 Å². The van der Waals surface area contributed by atoms with Gasteiger partial charge in [0.25, 0.3) is 0 Å². The fourth-order valence-corrected chi connectivity index (χ4v) is 11.0. The van der Waals surface area contributed by atoms with E-state index in [1.807, 2.05) is 6.07 Å². The van der Waals surface area contributed by atoms with Crippen LogP contribution in [0.1, 0.15) is 43.2 Å². The fourth-order valence-electron chi connectivity index (χ4n) is 11.0. The smallest absolute Gasteiger partial charge is 0.164 e. The van der Waals surface area contributed by atoms with Crippen molar-refractivity contribution in [2.45, 2.75) is 37.5 Å². The highest BCUT2D eigenvalue weighted by Gasteiger charge is 2.61. The molecule has 1 heterocycles. The van der Waals surface area contributed by atoms with Crippen LogP contribution in [0.2, 0.25) is 0 Å². The second kappa shape index (κ2) is 10.8. The van der Waals surface area contributed by atoms with Crippen LogP contribution in [-0.2, 0) is 5.41 Å². The van der Waals surface area contributed by atoms with Crippen LogP contribution in [0, 0.1) is 23.7 Å². The number of nitrogens with zero attached hydrogens (tertiary/aromatic N) is 3. The van der Waals surface area contributed by atoms with E-state index in [1.54, 1.807) is 5.56 Å².